The van der Waals surface area contributed by atoms with E-state index in [1.807, 2.05) is 56.4 Å². The number of ketones is 1. The predicted octanol–water partition coefficient (Wildman–Crippen LogP) is 5.35. The number of carbonyl (C=O) groups excluding carboxylic acids is 2. The number of Topliss-reactive ketones (excluding diaryl/α,β-unsaturated/α-hetero) is 1. The third-order valence-corrected chi connectivity index (χ3v) is 6.06. The van der Waals surface area contributed by atoms with Crippen molar-refractivity contribution in [1.82, 2.24) is 4.57 Å². The Kier molecular flexibility index (Phi) is 4.90. The minimum atomic E-state index is -0.562. The Labute approximate surface area is 185 Å². The first-order valence-corrected chi connectivity index (χ1v) is 10.5. The number of furan rings is 1. The van der Waals surface area contributed by atoms with Gasteiger partial charge in [0.25, 0.3) is 5.91 Å². The molecule has 1 amide bonds. The van der Waals surface area contributed by atoms with Gasteiger partial charge in [-0.1, -0.05) is 12.1 Å². The SMILES string of the molecule is Cc1cccc(C(=O)Nc2ccc(C(=O)C3Nc4occc4Cn4cccc43)cc2)c1C. The van der Waals surface area contributed by atoms with Gasteiger partial charge in [0.05, 0.1) is 12.8 Å². The number of rotatable bonds is 4. The number of aryl methyl sites for hydroxylation is 1. The lowest BCUT2D eigenvalue weighted by Crippen LogP contribution is -2.22. The second-order valence-electron chi connectivity index (χ2n) is 8.06. The summed E-state index contributed by atoms with van der Waals surface area (Å²) in [6.07, 6.45) is 3.59. The first-order valence-electron chi connectivity index (χ1n) is 10.5. The molecule has 3 heterocycles. The zero-order chi connectivity index (χ0) is 22.2. The lowest BCUT2D eigenvalue weighted by Gasteiger charge is -2.17. The van der Waals surface area contributed by atoms with Crippen molar-refractivity contribution in [3.05, 3.63) is 107 Å². The molecule has 1 aliphatic heterocycles. The van der Waals surface area contributed by atoms with E-state index >= 15 is 0 Å². The molecule has 0 fully saturated rings. The van der Waals surface area contributed by atoms with E-state index in [0.717, 1.165) is 22.4 Å². The molecule has 6 nitrogen and oxygen atoms in total. The number of anilines is 2. The van der Waals surface area contributed by atoms with Crippen LogP contribution in [0.3, 0.4) is 0 Å². The second-order valence-corrected chi connectivity index (χ2v) is 8.06. The summed E-state index contributed by atoms with van der Waals surface area (Å²) in [6.45, 7) is 4.57. The number of benzene rings is 2. The van der Waals surface area contributed by atoms with E-state index in [4.69, 9.17) is 4.42 Å². The fourth-order valence-corrected chi connectivity index (χ4v) is 4.09. The number of nitrogens with one attached hydrogen (secondary N) is 2. The van der Waals surface area contributed by atoms with Crippen molar-refractivity contribution in [2.45, 2.75) is 26.4 Å². The number of hydrogen-bond donors (Lipinski definition) is 2. The molecule has 1 atom stereocenters. The molecule has 0 bridgehead atoms. The maximum Gasteiger partial charge on any atom is 0.255 e. The van der Waals surface area contributed by atoms with Gasteiger partial charge in [0.1, 0.15) is 6.04 Å². The average Bonchev–Trinajstić information content (AvgIpc) is 3.41. The minimum Gasteiger partial charge on any atom is -0.449 e. The predicted molar refractivity (Wildman–Crippen MR) is 123 cm³/mol. The van der Waals surface area contributed by atoms with Crippen molar-refractivity contribution in [1.29, 1.82) is 0 Å². The Bertz CT molecular complexity index is 1310. The maximum absolute atomic E-state index is 13.4. The molecular formula is C26H23N3O3. The Morgan fingerprint density at radius 2 is 1.84 bits per heavy atom. The molecule has 1 aliphatic rings. The van der Waals surface area contributed by atoms with Gasteiger partial charge in [0.2, 0.25) is 0 Å². The fraction of sp³-hybridized carbons (Fsp3) is 0.154. The Morgan fingerprint density at radius 3 is 2.66 bits per heavy atom. The Balaban J connectivity index is 1.37. The smallest absolute Gasteiger partial charge is 0.255 e. The molecule has 32 heavy (non-hydrogen) atoms. The van der Waals surface area contributed by atoms with Gasteiger partial charge in [-0.25, -0.2) is 0 Å². The first-order chi connectivity index (χ1) is 15.5. The molecule has 0 radical (unpaired) electrons. The number of fused-ring (bicyclic) bond motifs is 2. The summed E-state index contributed by atoms with van der Waals surface area (Å²) < 4.78 is 7.60. The highest BCUT2D eigenvalue weighted by molar-refractivity contribution is 6.06. The van der Waals surface area contributed by atoms with Gasteiger partial charge in [-0.15, -0.1) is 0 Å². The Hall–Kier alpha value is -4.06. The van der Waals surface area contributed by atoms with Gasteiger partial charge in [-0.2, -0.15) is 0 Å². The van der Waals surface area contributed by atoms with Crippen molar-refractivity contribution >= 4 is 23.3 Å². The van der Waals surface area contributed by atoms with Gasteiger partial charge in [-0.3, -0.25) is 9.59 Å². The minimum absolute atomic E-state index is 0.0680. The van der Waals surface area contributed by atoms with Crippen LogP contribution in [0.5, 0.6) is 0 Å². The maximum atomic E-state index is 13.4. The van der Waals surface area contributed by atoms with E-state index in [0.29, 0.717) is 29.2 Å². The molecule has 4 aromatic rings. The highest BCUT2D eigenvalue weighted by Crippen LogP contribution is 2.32. The van der Waals surface area contributed by atoms with Crippen LogP contribution in [0.4, 0.5) is 11.6 Å². The van der Waals surface area contributed by atoms with Crippen molar-refractivity contribution in [3.8, 4) is 0 Å². The lowest BCUT2D eigenvalue weighted by molar-refractivity contribution is 0.0965. The molecule has 2 N–H and O–H groups in total. The van der Waals surface area contributed by atoms with Crippen LogP contribution in [0.25, 0.3) is 0 Å². The molecular weight excluding hydrogens is 402 g/mol. The van der Waals surface area contributed by atoms with E-state index < -0.39 is 6.04 Å². The van der Waals surface area contributed by atoms with Crippen LogP contribution < -0.4 is 10.6 Å². The fourth-order valence-electron chi connectivity index (χ4n) is 4.09. The zero-order valence-corrected chi connectivity index (χ0v) is 17.9. The highest BCUT2D eigenvalue weighted by atomic mass is 16.3. The molecule has 0 spiro atoms. The molecule has 5 rings (SSSR count). The summed E-state index contributed by atoms with van der Waals surface area (Å²) in [5, 5.41) is 6.17. The largest absolute Gasteiger partial charge is 0.449 e. The third kappa shape index (κ3) is 3.50. The average molecular weight is 425 g/mol. The van der Waals surface area contributed by atoms with E-state index in [9.17, 15) is 9.59 Å². The number of amides is 1. The summed E-state index contributed by atoms with van der Waals surface area (Å²) in [5.74, 6) is 0.380. The van der Waals surface area contributed by atoms with E-state index in [2.05, 4.69) is 15.2 Å². The molecule has 0 aliphatic carbocycles. The summed E-state index contributed by atoms with van der Waals surface area (Å²) in [7, 11) is 0. The standard InChI is InChI=1S/C26H23N3O3/c1-16-5-3-6-21(17(16)2)25(31)27-20-10-8-18(9-11-20)24(30)23-22-7-4-13-29(22)15-19-12-14-32-26(19)28-23/h3-14,23,28H,15H2,1-2H3,(H,27,31). The van der Waals surface area contributed by atoms with Gasteiger partial charge in [-0.05, 0) is 73.5 Å². The second kappa shape index (κ2) is 7.89. The van der Waals surface area contributed by atoms with Crippen molar-refractivity contribution < 1.29 is 14.0 Å². The van der Waals surface area contributed by atoms with Gasteiger partial charge in [0, 0.05) is 34.3 Å². The lowest BCUT2D eigenvalue weighted by atomic mass is 10.0. The molecule has 2 aromatic heterocycles. The Morgan fingerprint density at radius 1 is 1.03 bits per heavy atom. The summed E-state index contributed by atoms with van der Waals surface area (Å²) >= 11 is 0. The summed E-state index contributed by atoms with van der Waals surface area (Å²) in [6, 6.07) is 17.9. The zero-order valence-electron chi connectivity index (χ0n) is 17.9. The van der Waals surface area contributed by atoms with E-state index in [1.54, 1.807) is 30.5 Å². The summed E-state index contributed by atoms with van der Waals surface area (Å²) in [5.41, 5.74) is 5.74. The summed E-state index contributed by atoms with van der Waals surface area (Å²) in [4.78, 5) is 26.1. The first kappa shape index (κ1) is 19.9. The molecule has 0 saturated carbocycles. The van der Waals surface area contributed by atoms with Crippen molar-refractivity contribution in [2.75, 3.05) is 10.6 Å². The van der Waals surface area contributed by atoms with Crippen LogP contribution in [0.1, 0.15) is 49.1 Å². The topological polar surface area (TPSA) is 76.3 Å². The van der Waals surface area contributed by atoms with Gasteiger partial charge in [0.15, 0.2) is 11.7 Å². The van der Waals surface area contributed by atoms with E-state index in [-0.39, 0.29) is 11.7 Å². The van der Waals surface area contributed by atoms with Crippen molar-refractivity contribution in [3.63, 3.8) is 0 Å². The third-order valence-electron chi connectivity index (χ3n) is 6.06. The molecule has 0 saturated heterocycles. The van der Waals surface area contributed by atoms with Crippen LogP contribution in [-0.2, 0) is 6.54 Å². The number of nitrogens with zero attached hydrogens (tertiary/aromatic N) is 1. The molecule has 2 aromatic carbocycles. The van der Waals surface area contributed by atoms with Crippen LogP contribution >= 0.6 is 0 Å². The quantitative estimate of drug-likeness (QED) is 0.432. The van der Waals surface area contributed by atoms with E-state index in [1.165, 1.54) is 0 Å². The molecule has 1 unspecified atom stereocenters. The molecule has 160 valence electrons. The number of hydrogen-bond acceptors (Lipinski definition) is 4. The van der Waals surface area contributed by atoms with Crippen LogP contribution in [-0.4, -0.2) is 16.3 Å². The van der Waals surface area contributed by atoms with Crippen LogP contribution in [0.15, 0.2) is 77.5 Å². The van der Waals surface area contributed by atoms with Crippen molar-refractivity contribution in [2.24, 2.45) is 0 Å². The van der Waals surface area contributed by atoms with Gasteiger partial charge >= 0.3 is 0 Å². The molecule has 6 heteroatoms. The van der Waals surface area contributed by atoms with Crippen LogP contribution in [0.2, 0.25) is 0 Å². The van der Waals surface area contributed by atoms with Crippen LogP contribution in [0, 0.1) is 13.8 Å². The normalized spacial score (nSPS) is 14.6. The highest BCUT2D eigenvalue weighted by Gasteiger charge is 2.29. The van der Waals surface area contributed by atoms with Gasteiger partial charge < -0.3 is 19.6 Å². The number of carbonyl (C=O) groups is 2. The number of aromatic nitrogens is 1. The monoisotopic (exact) mass is 425 g/mol.